The molecule has 0 N–H and O–H groups in total. The average Bonchev–Trinajstić information content (AvgIpc) is 2.87. The third-order valence-electron chi connectivity index (χ3n) is 5.54. The molecule has 0 spiro atoms. The second-order valence-corrected chi connectivity index (χ2v) is 12.7. The van der Waals surface area contributed by atoms with Crippen molar-refractivity contribution in [2.45, 2.75) is 38.9 Å². The minimum Gasteiger partial charge on any atom is -0.203 e. The van der Waals surface area contributed by atoms with E-state index in [-0.39, 0.29) is 18.2 Å². The lowest BCUT2D eigenvalue weighted by Crippen LogP contribution is -2.17. The molecule has 4 rings (SSSR count). The van der Waals surface area contributed by atoms with E-state index in [1.165, 1.54) is 0 Å². The molecule has 4 aromatic carbocycles. The van der Waals surface area contributed by atoms with Crippen LogP contribution in [0, 0.1) is 6.92 Å². The quantitative estimate of drug-likeness (QED) is 0.218. The molecule has 38 heavy (non-hydrogen) atoms. The van der Waals surface area contributed by atoms with Crippen molar-refractivity contribution < 1.29 is 38.4 Å². The van der Waals surface area contributed by atoms with Crippen LogP contribution in [0.3, 0.4) is 0 Å². The van der Waals surface area contributed by atoms with Crippen molar-refractivity contribution in [1.29, 1.82) is 0 Å². The predicted molar refractivity (Wildman–Crippen MR) is 131 cm³/mol. The van der Waals surface area contributed by atoms with Gasteiger partial charge in [-0.2, -0.15) is 34.8 Å². The summed E-state index contributed by atoms with van der Waals surface area (Å²) >= 11 is 0. The summed E-state index contributed by atoms with van der Waals surface area (Å²) in [5.41, 5.74) is -2.67. The Morgan fingerprint density at radius 3 is 1.34 bits per heavy atom. The fourth-order valence-corrected chi connectivity index (χ4v) is 9.02. The highest BCUT2D eigenvalue weighted by molar-refractivity contribution is 8.33. The standard InChI is InChI=1S/C27H20F6O3S2/c1-19-12-14-24(15-13-19)37(22-8-4-2-5-9-22,23-10-6-3-7-11-23)36-38(34,35)25-17-20(26(28,29)30)16-21(18-25)27(31,32)33/h2-18H,1H3. The molecule has 0 heterocycles. The van der Waals surface area contributed by atoms with Crippen molar-refractivity contribution >= 4 is 20.4 Å². The SMILES string of the molecule is Cc1ccc(S(OS(=O)(=O)c2cc(C(F)(F)F)cc(C(F)(F)F)c2)(c2ccccc2)c2ccccc2)cc1. The lowest BCUT2D eigenvalue weighted by atomic mass is 10.1. The van der Waals surface area contributed by atoms with Gasteiger partial charge in [0.15, 0.2) is 0 Å². The van der Waals surface area contributed by atoms with Gasteiger partial charge < -0.3 is 0 Å². The zero-order chi connectivity index (χ0) is 27.8. The molecule has 0 unspecified atom stereocenters. The summed E-state index contributed by atoms with van der Waals surface area (Å²) in [5, 5.41) is 0. The summed E-state index contributed by atoms with van der Waals surface area (Å²) in [7, 11) is -8.40. The molecule has 0 radical (unpaired) electrons. The molecule has 0 aliphatic rings. The maximum absolute atomic E-state index is 13.7. The van der Waals surface area contributed by atoms with Crippen molar-refractivity contribution in [2.24, 2.45) is 0 Å². The second-order valence-electron chi connectivity index (χ2n) is 8.26. The Hall–Kier alpha value is -3.28. The maximum Gasteiger partial charge on any atom is 0.416 e. The van der Waals surface area contributed by atoms with E-state index in [0.29, 0.717) is 14.7 Å². The first-order valence-corrected chi connectivity index (χ1v) is 14.0. The lowest BCUT2D eigenvalue weighted by molar-refractivity contribution is -0.143. The van der Waals surface area contributed by atoms with Crippen LogP contribution in [0.4, 0.5) is 26.3 Å². The van der Waals surface area contributed by atoms with E-state index in [2.05, 4.69) is 0 Å². The Balaban J connectivity index is 2.02. The fourth-order valence-electron chi connectivity index (χ4n) is 3.72. The first-order chi connectivity index (χ1) is 17.7. The largest absolute Gasteiger partial charge is 0.416 e. The number of aryl methyl sites for hydroxylation is 1. The van der Waals surface area contributed by atoms with E-state index in [1.54, 1.807) is 84.9 Å². The van der Waals surface area contributed by atoms with Gasteiger partial charge in [0.2, 0.25) is 0 Å². The fraction of sp³-hybridized carbons (Fsp3) is 0.111. The van der Waals surface area contributed by atoms with Crippen LogP contribution in [-0.4, -0.2) is 8.42 Å². The normalized spacial score (nSPS) is 13.3. The summed E-state index contributed by atoms with van der Waals surface area (Å²) in [6.07, 6.45) is -10.5. The number of halogens is 6. The average molecular weight is 571 g/mol. The summed E-state index contributed by atoms with van der Waals surface area (Å²) in [6, 6.07) is 23.2. The summed E-state index contributed by atoms with van der Waals surface area (Å²) < 4.78 is 114. The van der Waals surface area contributed by atoms with Crippen LogP contribution in [-0.2, 0) is 26.1 Å². The molecule has 11 heteroatoms. The van der Waals surface area contributed by atoms with Gasteiger partial charge in [0.05, 0.1) is 16.0 Å². The molecule has 0 saturated carbocycles. The van der Waals surface area contributed by atoms with E-state index in [1.807, 2.05) is 6.92 Å². The van der Waals surface area contributed by atoms with Crippen LogP contribution in [0.15, 0.2) is 123 Å². The molecule has 3 nitrogen and oxygen atoms in total. The molecule has 4 aromatic rings. The minimum atomic E-state index is -5.23. The van der Waals surface area contributed by atoms with Crippen molar-refractivity contribution in [1.82, 2.24) is 0 Å². The maximum atomic E-state index is 13.7. The third kappa shape index (κ3) is 5.59. The third-order valence-corrected chi connectivity index (χ3v) is 10.7. The molecule has 0 amide bonds. The lowest BCUT2D eigenvalue weighted by Gasteiger charge is -2.39. The minimum absolute atomic E-state index is 0.131. The number of alkyl halides is 6. The highest BCUT2D eigenvalue weighted by atomic mass is 32.3. The number of hydrogen-bond donors (Lipinski definition) is 0. The molecular weight excluding hydrogens is 550 g/mol. The van der Waals surface area contributed by atoms with Crippen LogP contribution in [0.5, 0.6) is 0 Å². The molecule has 0 aliphatic carbocycles. The molecule has 200 valence electrons. The van der Waals surface area contributed by atoms with E-state index >= 15 is 0 Å². The van der Waals surface area contributed by atoms with Gasteiger partial charge in [0, 0.05) is 14.7 Å². The Labute approximate surface area is 217 Å². The highest BCUT2D eigenvalue weighted by Gasteiger charge is 2.42. The molecule has 0 atom stereocenters. The zero-order valence-corrected chi connectivity index (χ0v) is 21.3. The van der Waals surface area contributed by atoms with Gasteiger partial charge in [-0.05, 0) is 71.8 Å². The van der Waals surface area contributed by atoms with Crippen molar-refractivity contribution in [3.63, 3.8) is 0 Å². The van der Waals surface area contributed by atoms with Crippen LogP contribution in [0.1, 0.15) is 16.7 Å². The summed E-state index contributed by atoms with van der Waals surface area (Å²) in [5.74, 6) is 0. The Morgan fingerprint density at radius 2 is 0.947 bits per heavy atom. The van der Waals surface area contributed by atoms with Crippen LogP contribution >= 0.6 is 10.3 Å². The molecular formula is C27H20F6O3S2. The van der Waals surface area contributed by atoms with E-state index in [0.717, 1.165) is 5.56 Å². The van der Waals surface area contributed by atoms with Gasteiger partial charge in [-0.1, -0.05) is 54.1 Å². The monoisotopic (exact) mass is 570 g/mol. The van der Waals surface area contributed by atoms with Crippen LogP contribution < -0.4 is 0 Å². The van der Waals surface area contributed by atoms with Crippen LogP contribution in [0.25, 0.3) is 0 Å². The summed E-state index contributed by atoms with van der Waals surface area (Å²) in [6.45, 7) is 1.81. The molecule has 0 saturated heterocycles. The Morgan fingerprint density at radius 1 is 0.553 bits per heavy atom. The number of benzene rings is 4. The van der Waals surface area contributed by atoms with Crippen LogP contribution in [0.2, 0.25) is 0 Å². The zero-order valence-electron chi connectivity index (χ0n) is 19.6. The highest BCUT2D eigenvalue weighted by Crippen LogP contribution is 2.70. The first kappa shape index (κ1) is 27.7. The van der Waals surface area contributed by atoms with E-state index in [9.17, 15) is 34.8 Å². The Bertz CT molecular complexity index is 1450. The van der Waals surface area contributed by atoms with Crippen molar-refractivity contribution in [3.05, 3.63) is 120 Å². The van der Waals surface area contributed by atoms with E-state index in [4.69, 9.17) is 3.63 Å². The van der Waals surface area contributed by atoms with Crippen molar-refractivity contribution in [3.8, 4) is 0 Å². The van der Waals surface area contributed by atoms with Gasteiger partial charge >= 0.3 is 22.5 Å². The summed E-state index contributed by atoms with van der Waals surface area (Å²) in [4.78, 5) is -0.120. The van der Waals surface area contributed by atoms with Gasteiger partial charge in [-0.25, -0.2) is 3.63 Å². The van der Waals surface area contributed by atoms with Crippen molar-refractivity contribution in [2.75, 3.05) is 0 Å². The molecule has 0 fully saturated rings. The predicted octanol–water partition coefficient (Wildman–Crippen LogP) is 8.63. The Kier molecular flexibility index (Phi) is 7.39. The van der Waals surface area contributed by atoms with Gasteiger partial charge in [-0.15, -0.1) is 0 Å². The van der Waals surface area contributed by atoms with Gasteiger partial charge in [0.1, 0.15) is 0 Å². The molecule has 0 aromatic heterocycles. The molecule has 0 bridgehead atoms. The first-order valence-electron chi connectivity index (χ1n) is 11.0. The number of hydrogen-bond acceptors (Lipinski definition) is 3. The topological polar surface area (TPSA) is 43.4 Å². The number of rotatable bonds is 6. The molecule has 0 aliphatic heterocycles. The second kappa shape index (κ2) is 10.1. The van der Waals surface area contributed by atoms with E-state index < -0.39 is 48.8 Å². The smallest absolute Gasteiger partial charge is 0.203 e. The van der Waals surface area contributed by atoms with Gasteiger partial charge in [-0.3, -0.25) is 0 Å². The van der Waals surface area contributed by atoms with Gasteiger partial charge in [0.25, 0.3) is 0 Å².